The number of rotatable bonds is 5. The van der Waals surface area contributed by atoms with Gasteiger partial charge in [0.25, 0.3) is 0 Å². The molecule has 26 heavy (non-hydrogen) atoms. The van der Waals surface area contributed by atoms with E-state index in [4.69, 9.17) is 4.74 Å². The average Bonchev–Trinajstić information content (AvgIpc) is 2.61. The first-order valence-corrected chi connectivity index (χ1v) is 10.1. The largest absolute Gasteiger partial charge is 0.456 e. The molecule has 4 saturated carbocycles. The second-order valence-corrected chi connectivity index (χ2v) is 8.42. The van der Waals surface area contributed by atoms with Crippen molar-refractivity contribution in [2.45, 2.75) is 63.9 Å². The summed E-state index contributed by atoms with van der Waals surface area (Å²) in [6.45, 7) is 9.39. The van der Waals surface area contributed by atoms with Gasteiger partial charge in [0.05, 0.1) is 0 Å². The molecule has 4 bridgehead atoms. The number of carbonyl (C=O) groups is 1. The highest BCUT2D eigenvalue weighted by Crippen LogP contribution is 2.57. The van der Waals surface area contributed by atoms with Gasteiger partial charge in [-0.1, -0.05) is 56.8 Å². The molecule has 0 atom stereocenters. The third-order valence-electron chi connectivity index (χ3n) is 6.22. The summed E-state index contributed by atoms with van der Waals surface area (Å²) in [4.78, 5) is 11.4. The van der Waals surface area contributed by atoms with Gasteiger partial charge in [-0.15, -0.1) is 0 Å². The number of aryl methyl sites for hydroxylation is 1. The molecule has 0 heterocycles. The quantitative estimate of drug-likeness (QED) is 0.482. The van der Waals surface area contributed by atoms with E-state index < -0.39 is 0 Å². The second-order valence-electron chi connectivity index (χ2n) is 8.42. The van der Waals surface area contributed by atoms with Crippen LogP contribution in [0.25, 0.3) is 6.08 Å². The Hall–Kier alpha value is -1.83. The van der Waals surface area contributed by atoms with Gasteiger partial charge in [0.15, 0.2) is 0 Å². The first-order chi connectivity index (χ1) is 12.6. The smallest absolute Gasteiger partial charge is 0.330 e. The second kappa shape index (κ2) is 8.24. The van der Waals surface area contributed by atoms with Crippen LogP contribution in [-0.4, -0.2) is 11.6 Å². The summed E-state index contributed by atoms with van der Waals surface area (Å²) in [5, 5.41) is 0. The molecule has 1 aromatic rings. The van der Waals surface area contributed by atoms with E-state index in [1.54, 1.807) is 0 Å². The molecular weight excluding hydrogens is 320 g/mol. The molecule has 4 aliphatic rings. The predicted molar refractivity (Wildman–Crippen MR) is 108 cm³/mol. The Bertz CT molecular complexity index is 605. The van der Waals surface area contributed by atoms with Crippen LogP contribution in [0.5, 0.6) is 0 Å². The summed E-state index contributed by atoms with van der Waals surface area (Å²) in [5.74, 6) is 2.26. The lowest BCUT2D eigenvalue weighted by Gasteiger charge is -2.55. The first-order valence-electron chi connectivity index (χ1n) is 10.1. The topological polar surface area (TPSA) is 26.3 Å². The molecule has 2 heteroatoms. The minimum atomic E-state index is -0.225. The lowest BCUT2D eigenvalue weighted by atomic mass is 9.54. The average molecular weight is 353 g/mol. The fraction of sp³-hybridized carbons (Fsp3) is 0.542. The Morgan fingerprint density at radius 1 is 1.08 bits per heavy atom. The van der Waals surface area contributed by atoms with Gasteiger partial charge in [0.1, 0.15) is 5.60 Å². The lowest BCUT2D eigenvalue weighted by Crippen LogP contribution is -2.52. The number of hydrogen-bond donors (Lipinski definition) is 0. The molecular formula is C24H32O2. The zero-order chi connectivity index (χ0) is 18.6. The van der Waals surface area contributed by atoms with E-state index in [0.29, 0.717) is 0 Å². The maximum Gasteiger partial charge on any atom is 0.330 e. The van der Waals surface area contributed by atoms with E-state index in [2.05, 4.69) is 44.3 Å². The van der Waals surface area contributed by atoms with Gasteiger partial charge in [-0.05, 0) is 73.8 Å². The third-order valence-corrected chi connectivity index (χ3v) is 6.22. The van der Waals surface area contributed by atoms with Crippen LogP contribution < -0.4 is 0 Å². The summed E-state index contributed by atoms with van der Waals surface area (Å²) >= 11 is 0. The van der Waals surface area contributed by atoms with Crippen molar-refractivity contribution in [1.82, 2.24) is 0 Å². The number of esters is 1. The lowest BCUT2D eigenvalue weighted by molar-refractivity contribution is -0.181. The zero-order valence-electron chi connectivity index (χ0n) is 16.1. The zero-order valence-corrected chi connectivity index (χ0v) is 16.1. The van der Waals surface area contributed by atoms with E-state index in [0.717, 1.165) is 37.0 Å². The first kappa shape index (κ1) is 18.9. The Morgan fingerprint density at radius 2 is 1.62 bits per heavy atom. The van der Waals surface area contributed by atoms with Gasteiger partial charge in [-0.2, -0.15) is 0 Å². The van der Waals surface area contributed by atoms with Crippen molar-refractivity contribution < 1.29 is 9.53 Å². The Kier molecular flexibility index (Phi) is 6.01. The molecule has 1 aromatic carbocycles. The molecule has 0 saturated heterocycles. The maximum atomic E-state index is 11.4. The number of carbonyl (C=O) groups excluding carboxylic acids is 1. The van der Waals surface area contributed by atoms with Crippen molar-refractivity contribution in [3.8, 4) is 0 Å². The summed E-state index contributed by atoms with van der Waals surface area (Å²) in [5.41, 5.74) is 2.52. The van der Waals surface area contributed by atoms with Crippen LogP contribution in [0.1, 0.15) is 63.0 Å². The van der Waals surface area contributed by atoms with Crippen LogP contribution in [-0.2, 0) is 16.0 Å². The molecule has 4 aliphatic carbocycles. The van der Waals surface area contributed by atoms with Crippen molar-refractivity contribution in [3.05, 3.63) is 54.6 Å². The highest BCUT2D eigenvalue weighted by molar-refractivity contribution is 5.81. The summed E-state index contributed by atoms with van der Waals surface area (Å²) in [6, 6.07) is 8.55. The molecule has 4 fully saturated rings. The van der Waals surface area contributed by atoms with Crippen LogP contribution in [0, 0.1) is 17.8 Å². The van der Waals surface area contributed by atoms with Crippen LogP contribution >= 0.6 is 0 Å². The van der Waals surface area contributed by atoms with Gasteiger partial charge < -0.3 is 4.74 Å². The Morgan fingerprint density at radius 3 is 2.04 bits per heavy atom. The standard InChI is InChI=1S/C13H18O2.C11H14/c1-2-12(14)15-13-6-9-3-10(7-13)5-11(4-9)8-13;1-3-5-11-8-6-10(4-2)7-9-11/h2,9-11H,1,3-8H2;4,6-9H,2-3,5H2,1H3. The van der Waals surface area contributed by atoms with E-state index in [9.17, 15) is 4.79 Å². The fourth-order valence-corrected chi connectivity index (χ4v) is 5.52. The predicted octanol–water partition coefficient (Wildman–Crippen LogP) is 5.97. The molecule has 0 aliphatic heterocycles. The van der Waals surface area contributed by atoms with Crippen LogP contribution in [0.3, 0.4) is 0 Å². The summed E-state index contributed by atoms with van der Waals surface area (Å²) in [7, 11) is 0. The van der Waals surface area contributed by atoms with Crippen molar-refractivity contribution in [2.75, 3.05) is 0 Å². The van der Waals surface area contributed by atoms with E-state index in [-0.39, 0.29) is 11.6 Å². The molecule has 0 unspecified atom stereocenters. The number of benzene rings is 1. The highest BCUT2D eigenvalue weighted by atomic mass is 16.6. The Labute approximate surface area is 158 Å². The molecule has 0 N–H and O–H groups in total. The van der Waals surface area contributed by atoms with E-state index >= 15 is 0 Å². The number of ether oxygens (including phenoxy) is 1. The maximum absolute atomic E-state index is 11.4. The highest BCUT2D eigenvalue weighted by Gasteiger charge is 2.52. The van der Waals surface area contributed by atoms with Crippen LogP contribution in [0.4, 0.5) is 0 Å². The normalized spacial score (nSPS) is 30.9. The van der Waals surface area contributed by atoms with Gasteiger partial charge >= 0.3 is 5.97 Å². The SMILES string of the molecule is C=CC(=O)OC12CC3CC(CC(C3)C1)C2.C=Cc1ccc(CCC)cc1. The van der Waals surface area contributed by atoms with Gasteiger partial charge in [0.2, 0.25) is 0 Å². The molecule has 140 valence electrons. The molecule has 0 aromatic heterocycles. The van der Waals surface area contributed by atoms with E-state index in [1.165, 1.54) is 49.3 Å². The van der Waals surface area contributed by atoms with Crippen molar-refractivity contribution >= 4 is 12.0 Å². The van der Waals surface area contributed by atoms with Crippen molar-refractivity contribution in [3.63, 3.8) is 0 Å². The van der Waals surface area contributed by atoms with Gasteiger partial charge in [-0.25, -0.2) is 4.79 Å². The van der Waals surface area contributed by atoms with Crippen LogP contribution in [0.2, 0.25) is 0 Å². The molecule has 2 nitrogen and oxygen atoms in total. The summed E-state index contributed by atoms with van der Waals surface area (Å²) in [6.07, 6.45) is 13.0. The molecule has 0 spiro atoms. The van der Waals surface area contributed by atoms with E-state index in [1.807, 2.05) is 6.08 Å². The minimum absolute atomic E-state index is 0.0972. The molecule has 5 rings (SSSR count). The summed E-state index contributed by atoms with van der Waals surface area (Å²) < 4.78 is 5.64. The Balaban J connectivity index is 0.000000160. The van der Waals surface area contributed by atoms with Gasteiger partial charge in [-0.3, -0.25) is 0 Å². The molecule has 0 radical (unpaired) electrons. The van der Waals surface area contributed by atoms with Gasteiger partial charge in [0, 0.05) is 6.08 Å². The van der Waals surface area contributed by atoms with Crippen LogP contribution in [0.15, 0.2) is 43.5 Å². The molecule has 0 amide bonds. The minimum Gasteiger partial charge on any atom is -0.456 e. The van der Waals surface area contributed by atoms with Crippen molar-refractivity contribution in [2.24, 2.45) is 17.8 Å². The third kappa shape index (κ3) is 4.47. The van der Waals surface area contributed by atoms with Crippen molar-refractivity contribution in [1.29, 1.82) is 0 Å². The fourth-order valence-electron chi connectivity index (χ4n) is 5.52. The monoisotopic (exact) mass is 352 g/mol. The number of hydrogen-bond acceptors (Lipinski definition) is 2.